The molecule has 0 aliphatic heterocycles. The summed E-state index contributed by atoms with van der Waals surface area (Å²) < 4.78 is 4.96. The highest BCUT2D eigenvalue weighted by molar-refractivity contribution is 6.02. The van der Waals surface area contributed by atoms with E-state index in [2.05, 4.69) is 35.6 Å². The quantitative estimate of drug-likeness (QED) is 0.567. The van der Waals surface area contributed by atoms with Crippen LogP contribution in [-0.2, 0) is 20.7 Å². The predicted octanol–water partition coefficient (Wildman–Crippen LogP) is 3.60. The molecule has 0 aromatic heterocycles. The van der Waals surface area contributed by atoms with E-state index in [9.17, 15) is 9.59 Å². The highest BCUT2D eigenvalue weighted by atomic mass is 16.5. The van der Waals surface area contributed by atoms with Crippen LogP contribution in [0.25, 0.3) is 21.5 Å². The van der Waals surface area contributed by atoms with Gasteiger partial charge in [0, 0.05) is 12.3 Å². The Morgan fingerprint density at radius 3 is 2.15 bits per heavy atom. The molecule has 3 aromatic carbocycles. The van der Waals surface area contributed by atoms with Crippen LogP contribution in [0.2, 0.25) is 0 Å². The smallest absolute Gasteiger partial charge is 0.328 e. The van der Waals surface area contributed by atoms with E-state index in [1.54, 1.807) is 0 Å². The molecule has 1 fully saturated rings. The van der Waals surface area contributed by atoms with Gasteiger partial charge in [0.15, 0.2) is 0 Å². The summed E-state index contributed by atoms with van der Waals surface area (Å²) >= 11 is 0. The molecule has 132 valence electrons. The molecule has 0 unspecified atom stereocenters. The molecule has 1 aliphatic carbocycles. The summed E-state index contributed by atoms with van der Waals surface area (Å²) in [5.41, 5.74) is 1.06. The standard InChI is InChI=1S/C22H21NO3/c1-26-22(25)20(23-21(24)14-10-11-14)13-19-17-8-4-2-6-15(17)12-16-7-3-5-9-18(16)19/h2-9,12,14,20H,10-11,13H2,1H3,(H,23,24)/t20-/m1/s1. The van der Waals surface area contributed by atoms with Crippen LogP contribution in [0.5, 0.6) is 0 Å². The van der Waals surface area contributed by atoms with Gasteiger partial charge in [0.2, 0.25) is 5.91 Å². The molecule has 0 saturated heterocycles. The van der Waals surface area contributed by atoms with Gasteiger partial charge in [0.1, 0.15) is 6.04 Å². The Balaban J connectivity index is 1.79. The number of nitrogens with one attached hydrogen (secondary N) is 1. The zero-order chi connectivity index (χ0) is 18.1. The van der Waals surface area contributed by atoms with Gasteiger partial charge in [-0.1, -0.05) is 48.5 Å². The maximum atomic E-state index is 12.3. The van der Waals surface area contributed by atoms with E-state index in [-0.39, 0.29) is 11.8 Å². The average Bonchev–Trinajstić information content (AvgIpc) is 3.51. The normalized spacial score (nSPS) is 15.0. The van der Waals surface area contributed by atoms with Gasteiger partial charge in [-0.25, -0.2) is 4.79 Å². The molecule has 0 spiro atoms. The third-order valence-electron chi connectivity index (χ3n) is 5.04. The minimum atomic E-state index is -0.678. The van der Waals surface area contributed by atoms with E-state index < -0.39 is 12.0 Å². The summed E-state index contributed by atoms with van der Waals surface area (Å²) in [5.74, 6) is -0.410. The Morgan fingerprint density at radius 1 is 1.04 bits per heavy atom. The van der Waals surface area contributed by atoms with Crippen LogP contribution in [0, 0.1) is 5.92 Å². The fraction of sp³-hybridized carbons (Fsp3) is 0.273. The fourth-order valence-electron chi connectivity index (χ4n) is 3.50. The molecule has 1 atom stereocenters. The van der Waals surface area contributed by atoms with Gasteiger partial charge in [-0.2, -0.15) is 0 Å². The van der Waals surface area contributed by atoms with Crippen molar-refractivity contribution in [3.8, 4) is 0 Å². The molecule has 1 N–H and O–H groups in total. The molecule has 1 amide bonds. The van der Waals surface area contributed by atoms with Crippen LogP contribution in [-0.4, -0.2) is 25.0 Å². The first-order chi connectivity index (χ1) is 12.7. The molecule has 4 rings (SSSR count). The Labute approximate surface area is 152 Å². The molecular formula is C22H21NO3. The van der Waals surface area contributed by atoms with Gasteiger partial charge in [-0.05, 0) is 46.0 Å². The molecular weight excluding hydrogens is 326 g/mol. The van der Waals surface area contributed by atoms with Crippen molar-refractivity contribution in [2.24, 2.45) is 5.92 Å². The van der Waals surface area contributed by atoms with Crippen molar-refractivity contribution in [3.63, 3.8) is 0 Å². The molecule has 4 nitrogen and oxygen atoms in total. The van der Waals surface area contributed by atoms with Gasteiger partial charge in [0.25, 0.3) is 0 Å². The van der Waals surface area contributed by atoms with E-state index in [1.807, 2.05) is 24.3 Å². The van der Waals surface area contributed by atoms with Crippen molar-refractivity contribution in [2.75, 3.05) is 7.11 Å². The summed E-state index contributed by atoms with van der Waals surface area (Å²) in [6.45, 7) is 0. The molecule has 1 aliphatic rings. The van der Waals surface area contributed by atoms with Gasteiger partial charge < -0.3 is 10.1 Å². The number of hydrogen-bond acceptors (Lipinski definition) is 3. The number of carbonyl (C=O) groups is 2. The molecule has 0 bridgehead atoms. The monoisotopic (exact) mass is 347 g/mol. The van der Waals surface area contributed by atoms with Gasteiger partial charge in [-0.3, -0.25) is 4.79 Å². The van der Waals surface area contributed by atoms with Crippen LogP contribution in [0.4, 0.5) is 0 Å². The minimum Gasteiger partial charge on any atom is -0.467 e. The third-order valence-corrected chi connectivity index (χ3v) is 5.04. The number of esters is 1. The molecule has 0 radical (unpaired) electrons. The number of hydrogen-bond donors (Lipinski definition) is 1. The van der Waals surface area contributed by atoms with E-state index >= 15 is 0 Å². The topological polar surface area (TPSA) is 55.4 Å². The second kappa shape index (κ2) is 6.79. The van der Waals surface area contributed by atoms with E-state index in [0.29, 0.717) is 6.42 Å². The van der Waals surface area contributed by atoms with E-state index in [1.165, 1.54) is 7.11 Å². The van der Waals surface area contributed by atoms with E-state index in [4.69, 9.17) is 4.74 Å². The van der Waals surface area contributed by atoms with Crippen LogP contribution < -0.4 is 5.32 Å². The lowest BCUT2D eigenvalue weighted by Gasteiger charge is -2.19. The summed E-state index contributed by atoms with van der Waals surface area (Å²) in [7, 11) is 1.36. The van der Waals surface area contributed by atoms with Crippen molar-refractivity contribution in [1.29, 1.82) is 0 Å². The van der Waals surface area contributed by atoms with Gasteiger partial charge >= 0.3 is 5.97 Å². The van der Waals surface area contributed by atoms with E-state index in [0.717, 1.165) is 39.9 Å². The van der Waals surface area contributed by atoms with Crippen LogP contribution in [0.3, 0.4) is 0 Å². The second-order valence-corrected chi connectivity index (χ2v) is 6.86. The molecule has 0 heterocycles. The molecule has 1 saturated carbocycles. The Morgan fingerprint density at radius 2 is 1.62 bits per heavy atom. The third kappa shape index (κ3) is 3.15. The van der Waals surface area contributed by atoms with Crippen molar-refractivity contribution in [2.45, 2.75) is 25.3 Å². The zero-order valence-corrected chi connectivity index (χ0v) is 14.7. The molecule has 4 heteroatoms. The maximum absolute atomic E-state index is 12.3. The zero-order valence-electron chi connectivity index (χ0n) is 14.7. The first kappa shape index (κ1) is 16.6. The fourth-order valence-corrected chi connectivity index (χ4v) is 3.50. The predicted molar refractivity (Wildman–Crippen MR) is 102 cm³/mol. The van der Waals surface area contributed by atoms with Gasteiger partial charge in [-0.15, -0.1) is 0 Å². The average molecular weight is 347 g/mol. The number of carbonyl (C=O) groups excluding carboxylic acids is 2. The summed E-state index contributed by atoms with van der Waals surface area (Å²) in [6, 6.07) is 17.8. The largest absolute Gasteiger partial charge is 0.467 e. The van der Waals surface area contributed by atoms with Gasteiger partial charge in [0.05, 0.1) is 7.11 Å². The lowest BCUT2D eigenvalue weighted by atomic mass is 9.92. The summed E-state index contributed by atoms with van der Waals surface area (Å²) in [5, 5.41) is 7.34. The Kier molecular flexibility index (Phi) is 4.33. The second-order valence-electron chi connectivity index (χ2n) is 6.86. The first-order valence-electron chi connectivity index (χ1n) is 8.95. The van der Waals surface area contributed by atoms with Crippen molar-refractivity contribution in [3.05, 3.63) is 60.2 Å². The maximum Gasteiger partial charge on any atom is 0.328 e. The number of rotatable bonds is 5. The molecule has 26 heavy (non-hydrogen) atoms. The van der Waals surface area contributed by atoms with Crippen molar-refractivity contribution < 1.29 is 14.3 Å². The first-order valence-corrected chi connectivity index (χ1v) is 8.95. The number of amides is 1. The highest BCUT2D eigenvalue weighted by Gasteiger charge is 2.33. The SMILES string of the molecule is COC(=O)[C@@H](Cc1c2ccccc2cc2ccccc12)NC(=O)C1CC1. The van der Waals surface area contributed by atoms with Crippen molar-refractivity contribution in [1.82, 2.24) is 5.32 Å². The van der Waals surface area contributed by atoms with Crippen LogP contribution in [0.15, 0.2) is 54.6 Å². The molecule has 3 aromatic rings. The number of fused-ring (bicyclic) bond motifs is 2. The summed E-state index contributed by atoms with van der Waals surface area (Å²) in [4.78, 5) is 24.6. The number of methoxy groups -OCH3 is 1. The minimum absolute atomic E-state index is 0.0476. The lowest BCUT2D eigenvalue weighted by molar-refractivity contribution is -0.145. The van der Waals surface area contributed by atoms with Crippen LogP contribution in [0.1, 0.15) is 18.4 Å². The Bertz CT molecular complexity index is 937. The Hall–Kier alpha value is -2.88. The van der Waals surface area contributed by atoms with Crippen LogP contribution >= 0.6 is 0 Å². The summed E-state index contributed by atoms with van der Waals surface area (Å²) in [6.07, 6.45) is 2.21. The number of ether oxygens (including phenoxy) is 1. The highest BCUT2D eigenvalue weighted by Crippen LogP contribution is 2.31. The van der Waals surface area contributed by atoms with Crippen molar-refractivity contribution >= 4 is 33.4 Å². The number of benzene rings is 3. The lowest BCUT2D eigenvalue weighted by Crippen LogP contribution is -2.43.